The standard InChI is InChI=1S/C12H14F2O/c13-11-4-3-9(7-12(11)14)10(5-6-15)8-1-2-8/h3-4,7-8,10,15H,1-2,5-6H2. The number of hydrogen-bond donors (Lipinski definition) is 1. The summed E-state index contributed by atoms with van der Waals surface area (Å²) < 4.78 is 25.8. The molecule has 0 radical (unpaired) electrons. The first-order valence-electron chi connectivity index (χ1n) is 5.28. The highest BCUT2D eigenvalue weighted by Gasteiger charge is 2.32. The van der Waals surface area contributed by atoms with Gasteiger partial charge in [-0.1, -0.05) is 6.07 Å². The van der Waals surface area contributed by atoms with Crippen LogP contribution in [0, 0.1) is 17.6 Å². The monoisotopic (exact) mass is 212 g/mol. The zero-order valence-corrected chi connectivity index (χ0v) is 8.42. The molecule has 0 saturated heterocycles. The Bertz CT molecular complexity index is 347. The fourth-order valence-corrected chi connectivity index (χ4v) is 2.06. The Labute approximate surface area is 87.7 Å². The van der Waals surface area contributed by atoms with E-state index in [0.29, 0.717) is 12.3 Å². The largest absolute Gasteiger partial charge is 0.396 e. The lowest BCUT2D eigenvalue weighted by molar-refractivity contribution is 0.269. The molecule has 1 nitrogen and oxygen atoms in total. The maximum absolute atomic E-state index is 13.0. The zero-order chi connectivity index (χ0) is 10.8. The number of aliphatic hydroxyl groups excluding tert-OH is 1. The Morgan fingerprint density at radius 1 is 1.27 bits per heavy atom. The van der Waals surface area contributed by atoms with E-state index in [4.69, 9.17) is 5.11 Å². The van der Waals surface area contributed by atoms with E-state index in [9.17, 15) is 8.78 Å². The predicted octanol–water partition coefficient (Wildman–Crippen LogP) is 2.84. The summed E-state index contributed by atoms with van der Waals surface area (Å²) in [5, 5.41) is 8.93. The molecule has 1 aromatic rings. The molecule has 1 aliphatic carbocycles. The van der Waals surface area contributed by atoms with Crippen LogP contribution in [0.15, 0.2) is 18.2 Å². The highest BCUT2D eigenvalue weighted by molar-refractivity contribution is 5.23. The summed E-state index contributed by atoms with van der Waals surface area (Å²) in [7, 11) is 0. The molecule has 0 aliphatic heterocycles. The van der Waals surface area contributed by atoms with Crippen LogP contribution in [0.2, 0.25) is 0 Å². The van der Waals surface area contributed by atoms with Crippen LogP contribution in [-0.2, 0) is 0 Å². The molecular weight excluding hydrogens is 198 g/mol. The van der Waals surface area contributed by atoms with Gasteiger partial charge in [0.2, 0.25) is 0 Å². The van der Waals surface area contributed by atoms with Crippen molar-refractivity contribution in [2.45, 2.75) is 25.2 Å². The van der Waals surface area contributed by atoms with Gasteiger partial charge >= 0.3 is 0 Å². The molecule has 0 bridgehead atoms. The third kappa shape index (κ3) is 2.34. The molecule has 82 valence electrons. The fourth-order valence-electron chi connectivity index (χ4n) is 2.06. The zero-order valence-electron chi connectivity index (χ0n) is 8.42. The second-order valence-corrected chi connectivity index (χ2v) is 4.13. The van der Waals surface area contributed by atoms with Gasteiger partial charge in [0.05, 0.1) is 0 Å². The molecule has 1 aromatic carbocycles. The number of halogens is 2. The first-order chi connectivity index (χ1) is 7.22. The Hall–Kier alpha value is -0.960. The third-order valence-corrected chi connectivity index (χ3v) is 3.00. The number of benzene rings is 1. The van der Waals surface area contributed by atoms with E-state index in [-0.39, 0.29) is 12.5 Å². The van der Waals surface area contributed by atoms with Gasteiger partial charge in [-0.3, -0.25) is 0 Å². The van der Waals surface area contributed by atoms with Gasteiger partial charge in [0, 0.05) is 6.61 Å². The summed E-state index contributed by atoms with van der Waals surface area (Å²) in [5.41, 5.74) is 0.811. The van der Waals surface area contributed by atoms with E-state index < -0.39 is 11.6 Å². The second-order valence-electron chi connectivity index (χ2n) is 4.13. The van der Waals surface area contributed by atoms with Crippen LogP contribution >= 0.6 is 0 Å². The summed E-state index contributed by atoms with van der Waals surface area (Å²) in [6.07, 6.45) is 2.89. The van der Waals surface area contributed by atoms with Gasteiger partial charge in [-0.05, 0) is 48.8 Å². The first-order valence-corrected chi connectivity index (χ1v) is 5.28. The van der Waals surface area contributed by atoms with Gasteiger partial charge in [-0.25, -0.2) is 8.78 Å². The molecule has 1 fully saturated rings. The van der Waals surface area contributed by atoms with Gasteiger partial charge in [0.25, 0.3) is 0 Å². The van der Waals surface area contributed by atoms with Crippen LogP contribution in [0.25, 0.3) is 0 Å². The minimum atomic E-state index is -0.808. The maximum atomic E-state index is 13.0. The van der Waals surface area contributed by atoms with E-state index >= 15 is 0 Å². The Morgan fingerprint density at radius 3 is 2.53 bits per heavy atom. The Morgan fingerprint density at radius 2 is 2.00 bits per heavy atom. The van der Waals surface area contributed by atoms with Crippen molar-refractivity contribution in [3.63, 3.8) is 0 Å². The fraction of sp³-hybridized carbons (Fsp3) is 0.500. The van der Waals surface area contributed by atoms with Crippen LogP contribution < -0.4 is 0 Å². The quantitative estimate of drug-likeness (QED) is 0.813. The van der Waals surface area contributed by atoms with Gasteiger partial charge in [0.15, 0.2) is 11.6 Å². The molecule has 1 atom stereocenters. The molecule has 0 amide bonds. The smallest absolute Gasteiger partial charge is 0.159 e. The second kappa shape index (κ2) is 4.27. The lowest BCUT2D eigenvalue weighted by Crippen LogP contribution is -2.04. The van der Waals surface area contributed by atoms with Gasteiger partial charge in [0.1, 0.15) is 0 Å². The van der Waals surface area contributed by atoms with Gasteiger partial charge in [-0.2, -0.15) is 0 Å². The topological polar surface area (TPSA) is 20.2 Å². The lowest BCUT2D eigenvalue weighted by Gasteiger charge is -2.15. The van der Waals surface area contributed by atoms with Crippen LogP contribution in [0.5, 0.6) is 0 Å². The van der Waals surface area contributed by atoms with Crippen molar-refractivity contribution < 1.29 is 13.9 Å². The van der Waals surface area contributed by atoms with E-state index in [1.807, 2.05) is 0 Å². The normalized spacial score (nSPS) is 17.8. The molecule has 1 saturated carbocycles. The minimum Gasteiger partial charge on any atom is -0.396 e. The van der Waals surface area contributed by atoms with Crippen LogP contribution in [0.1, 0.15) is 30.7 Å². The minimum absolute atomic E-state index is 0.0974. The highest BCUT2D eigenvalue weighted by atomic mass is 19.2. The SMILES string of the molecule is OCCC(c1ccc(F)c(F)c1)C1CC1. The molecule has 3 heteroatoms. The van der Waals surface area contributed by atoms with Crippen molar-refractivity contribution in [2.75, 3.05) is 6.61 Å². The molecule has 15 heavy (non-hydrogen) atoms. The first kappa shape index (κ1) is 10.6. The van der Waals surface area contributed by atoms with Crippen molar-refractivity contribution in [3.05, 3.63) is 35.4 Å². The Balaban J connectivity index is 2.21. The number of rotatable bonds is 4. The number of hydrogen-bond acceptors (Lipinski definition) is 1. The highest BCUT2D eigenvalue weighted by Crippen LogP contribution is 2.44. The lowest BCUT2D eigenvalue weighted by atomic mass is 9.91. The van der Waals surface area contributed by atoms with Crippen molar-refractivity contribution in [3.8, 4) is 0 Å². The molecule has 1 unspecified atom stereocenters. The summed E-state index contributed by atoms with van der Waals surface area (Å²) in [4.78, 5) is 0. The van der Waals surface area contributed by atoms with Crippen molar-refractivity contribution in [2.24, 2.45) is 5.92 Å². The molecule has 2 rings (SSSR count). The molecular formula is C12H14F2O. The van der Waals surface area contributed by atoms with Crippen molar-refractivity contribution >= 4 is 0 Å². The molecule has 0 aromatic heterocycles. The molecule has 0 spiro atoms. The summed E-state index contributed by atoms with van der Waals surface area (Å²) in [6.45, 7) is 0.0974. The van der Waals surface area contributed by atoms with Gasteiger partial charge in [-0.15, -0.1) is 0 Å². The summed E-state index contributed by atoms with van der Waals surface area (Å²) >= 11 is 0. The van der Waals surface area contributed by atoms with Crippen LogP contribution in [0.3, 0.4) is 0 Å². The van der Waals surface area contributed by atoms with Crippen molar-refractivity contribution in [1.82, 2.24) is 0 Å². The third-order valence-electron chi connectivity index (χ3n) is 3.00. The van der Waals surface area contributed by atoms with E-state index in [2.05, 4.69) is 0 Å². The average molecular weight is 212 g/mol. The Kier molecular flexibility index (Phi) is 3.00. The maximum Gasteiger partial charge on any atom is 0.159 e. The van der Waals surface area contributed by atoms with E-state index in [1.165, 1.54) is 6.07 Å². The van der Waals surface area contributed by atoms with E-state index in [1.54, 1.807) is 6.07 Å². The van der Waals surface area contributed by atoms with Crippen LogP contribution in [0.4, 0.5) is 8.78 Å². The number of aliphatic hydroxyl groups is 1. The predicted molar refractivity (Wildman–Crippen MR) is 53.5 cm³/mol. The molecule has 0 heterocycles. The summed E-state index contributed by atoms with van der Waals surface area (Å²) in [6, 6.07) is 4.04. The van der Waals surface area contributed by atoms with Crippen LogP contribution in [-0.4, -0.2) is 11.7 Å². The average Bonchev–Trinajstić information content (AvgIpc) is 3.02. The van der Waals surface area contributed by atoms with Gasteiger partial charge < -0.3 is 5.11 Å². The van der Waals surface area contributed by atoms with E-state index in [0.717, 1.165) is 24.5 Å². The van der Waals surface area contributed by atoms with Crippen molar-refractivity contribution in [1.29, 1.82) is 0 Å². The molecule has 1 N–H and O–H groups in total. The molecule has 1 aliphatic rings. The summed E-state index contributed by atoms with van der Waals surface area (Å²) in [5.74, 6) is -0.875.